The molecule has 5 heteroatoms. The molecule has 0 saturated carbocycles. The molecule has 0 aromatic heterocycles. The van der Waals surface area contributed by atoms with Crippen molar-refractivity contribution >= 4 is 35.0 Å². The van der Waals surface area contributed by atoms with Crippen LogP contribution in [0.5, 0.6) is 0 Å². The first-order valence-electron chi connectivity index (χ1n) is 5.53. The van der Waals surface area contributed by atoms with Crippen molar-refractivity contribution in [3.8, 4) is 0 Å². The van der Waals surface area contributed by atoms with Crippen molar-refractivity contribution in [2.75, 3.05) is 23.8 Å². The minimum Gasteiger partial charge on any atom is -0.399 e. The summed E-state index contributed by atoms with van der Waals surface area (Å²) in [6.45, 7) is 2.83. The first-order valence-corrected chi connectivity index (χ1v) is 7.06. The Morgan fingerprint density at radius 2 is 2.35 bits per heavy atom. The zero-order valence-corrected chi connectivity index (χ0v) is 11.2. The van der Waals surface area contributed by atoms with Crippen molar-refractivity contribution in [3.63, 3.8) is 0 Å². The highest BCUT2D eigenvalue weighted by Crippen LogP contribution is 2.24. The van der Waals surface area contributed by atoms with Crippen LogP contribution in [-0.2, 0) is 0 Å². The Kier molecular flexibility index (Phi) is 3.84. The smallest absolute Gasteiger partial charge is 0.255 e. The highest BCUT2D eigenvalue weighted by molar-refractivity contribution is 7.99. The molecule has 0 aliphatic carbocycles. The lowest BCUT2D eigenvalue weighted by atomic mass is 10.1. The van der Waals surface area contributed by atoms with E-state index in [0.717, 1.165) is 18.1 Å². The van der Waals surface area contributed by atoms with Gasteiger partial charge in [-0.3, -0.25) is 4.79 Å². The quantitative estimate of drug-likeness (QED) is 0.798. The van der Waals surface area contributed by atoms with E-state index in [1.54, 1.807) is 18.2 Å². The molecule has 17 heavy (non-hydrogen) atoms. The Morgan fingerprint density at radius 1 is 1.59 bits per heavy atom. The van der Waals surface area contributed by atoms with Crippen LogP contribution in [0.3, 0.4) is 0 Å². The fraction of sp³-hybridized carbons (Fsp3) is 0.417. The van der Waals surface area contributed by atoms with Crippen LogP contribution in [0.2, 0.25) is 5.02 Å². The lowest BCUT2D eigenvalue weighted by Gasteiger charge is -2.33. The van der Waals surface area contributed by atoms with E-state index < -0.39 is 0 Å². The normalized spacial score (nSPS) is 20.4. The summed E-state index contributed by atoms with van der Waals surface area (Å²) in [6, 6.07) is 5.28. The molecule has 0 radical (unpaired) electrons. The van der Waals surface area contributed by atoms with Crippen LogP contribution in [0, 0.1) is 0 Å². The second kappa shape index (κ2) is 5.19. The molecule has 1 aromatic carbocycles. The molecule has 1 amide bonds. The molecule has 2 N–H and O–H groups in total. The highest BCUT2D eigenvalue weighted by Gasteiger charge is 2.25. The molecule has 1 aliphatic heterocycles. The van der Waals surface area contributed by atoms with Gasteiger partial charge in [-0.1, -0.05) is 11.6 Å². The molecule has 92 valence electrons. The van der Waals surface area contributed by atoms with E-state index in [4.69, 9.17) is 17.3 Å². The maximum Gasteiger partial charge on any atom is 0.255 e. The van der Waals surface area contributed by atoms with Gasteiger partial charge >= 0.3 is 0 Å². The zero-order chi connectivity index (χ0) is 12.4. The van der Waals surface area contributed by atoms with Gasteiger partial charge in [-0.25, -0.2) is 0 Å². The third-order valence-corrected chi connectivity index (χ3v) is 4.37. The molecule has 1 atom stereocenters. The Labute approximate surface area is 110 Å². The van der Waals surface area contributed by atoms with E-state index in [0.29, 0.717) is 16.3 Å². The SMILES string of the molecule is CC1CSCCN1C(=O)c1cc(N)ccc1Cl. The number of hydrogen-bond donors (Lipinski definition) is 1. The lowest BCUT2D eigenvalue weighted by molar-refractivity contribution is 0.0716. The van der Waals surface area contributed by atoms with Crippen molar-refractivity contribution < 1.29 is 4.79 Å². The molecule has 1 aliphatic rings. The van der Waals surface area contributed by atoms with Gasteiger partial charge < -0.3 is 10.6 Å². The third kappa shape index (κ3) is 2.69. The molecule has 1 aromatic rings. The summed E-state index contributed by atoms with van der Waals surface area (Å²) in [5.74, 6) is 1.94. The molecular formula is C12H15ClN2OS. The molecule has 0 spiro atoms. The van der Waals surface area contributed by atoms with Gasteiger partial charge in [0, 0.05) is 29.8 Å². The lowest BCUT2D eigenvalue weighted by Crippen LogP contribution is -2.44. The number of anilines is 1. The summed E-state index contributed by atoms with van der Waals surface area (Å²) in [7, 11) is 0. The van der Waals surface area contributed by atoms with E-state index in [9.17, 15) is 4.79 Å². The fourth-order valence-electron chi connectivity index (χ4n) is 1.89. The second-order valence-electron chi connectivity index (χ2n) is 4.16. The number of hydrogen-bond acceptors (Lipinski definition) is 3. The number of carbonyl (C=O) groups excluding carboxylic acids is 1. The molecule has 1 unspecified atom stereocenters. The Hall–Kier alpha value is -0.870. The second-order valence-corrected chi connectivity index (χ2v) is 5.72. The van der Waals surface area contributed by atoms with Crippen molar-refractivity contribution in [2.24, 2.45) is 0 Å². The van der Waals surface area contributed by atoms with E-state index >= 15 is 0 Å². The number of carbonyl (C=O) groups is 1. The molecule has 0 bridgehead atoms. The number of rotatable bonds is 1. The van der Waals surface area contributed by atoms with Crippen LogP contribution in [-0.4, -0.2) is 34.9 Å². The molecule has 1 fully saturated rings. The maximum atomic E-state index is 12.4. The standard InChI is InChI=1S/C12H15ClN2OS/c1-8-7-17-5-4-15(8)12(16)10-6-9(14)2-3-11(10)13/h2-3,6,8H,4-5,7,14H2,1H3. The predicted octanol–water partition coefficient (Wildman–Crippen LogP) is 2.50. The molecule has 3 nitrogen and oxygen atoms in total. The van der Waals surface area contributed by atoms with Gasteiger partial charge in [0.1, 0.15) is 0 Å². The van der Waals surface area contributed by atoms with Crippen molar-refractivity contribution in [3.05, 3.63) is 28.8 Å². The summed E-state index contributed by atoms with van der Waals surface area (Å²) in [5, 5.41) is 0.467. The monoisotopic (exact) mass is 270 g/mol. The number of nitrogens with zero attached hydrogens (tertiary/aromatic N) is 1. The number of nitrogens with two attached hydrogens (primary N) is 1. The number of amides is 1. The Morgan fingerprint density at radius 3 is 3.06 bits per heavy atom. The summed E-state index contributed by atoms with van der Waals surface area (Å²) in [4.78, 5) is 14.2. The van der Waals surface area contributed by atoms with E-state index in [-0.39, 0.29) is 11.9 Å². The third-order valence-electron chi connectivity index (χ3n) is 2.85. The van der Waals surface area contributed by atoms with Crippen LogP contribution in [0.1, 0.15) is 17.3 Å². The number of nitrogen functional groups attached to an aromatic ring is 1. The summed E-state index contributed by atoms with van der Waals surface area (Å²) in [5.41, 5.74) is 6.77. The first kappa shape index (κ1) is 12.6. The molecule has 2 rings (SSSR count). The van der Waals surface area contributed by atoms with Gasteiger partial charge in [0.25, 0.3) is 5.91 Å². The number of thioether (sulfide) groups is 1. The summed E-state index contributed by atoms with van der Waals surface area (Å²) in [6.07, 6.45) is 0. The largest absolute Gasteiger partial charge is 0.399 e. The summed E-state index contributed by atoms with van der Waals surface area (Å²) < 4.78 is 0. The minimum atomic E-state index is -0.0184. The van der Waals surface area contributed by atoms with Gasteiger partial charge in [-0.05, 0) is 25.1 Å². The predicted molar refractivity (Wildman–Crippen MR) is 73.7 cm³/mol. The van der Waals surface area contributed by atoms with E-state index in [1.165, 1.54) is 0 Å². The maximum absolute atomic E-state index is 12.4. The van der Waals surface area contributed by atoms with Crippen LogP contribution in [0.25, 0.3) is 0 Å². The van der Waals surface area contributed by atoms with Crippen molar-refractivity contribution in [2.45, 2.75) is 13.0 Å². The molecule has 1 saturated heterocycles. The van der Waals surface area contributed by atoms with E-state index in [1.807, 2.05) is 16.7 Å². The van der Waals surface area contributed by atoms with Crippen LogP contribution in [0.15, 0.2) is 18.2 Å². The average Bonchev–Trinajstić information content (AvgIpc) is 2.32. The van der Waals surface area contributed by atoms with Crippen molar-refractivity contribution in [1.29, 1.82) is 0 Å². The van der Waals surface area contributed by atoms with Crippen LogP contribution in [0.4, 0.5) is 5.69 Å². The van der Waals surface area contributed by atoms with E-state index in [2.05, 4.69) is 6.92 Å². The van der Waals surface area contributed by atoms with Gasteiger partial charge in [0.2, 0.25) is 0 Å². The topological polar surface area (TPSA) is 46.3 Å². The van der Waals surface area contributed by atoms with Gasteiger partial charge in [0.15, 0.2) is 0 Å². The first-order chi connectivity index (χ1) is 8.09. The number of halogens is 1. The van der Waals surface area contributed by atoms with Crippen molar-refractivity contribution in [1.82, 2.24) is 4.90 Å². The average molecular weight is 271 g/mol. The zero-order valence-electron chi connectivity index (χ0n) is 9.65. The van der Waals surface area contributed by atoms with Crippen LogP contribution >= 0.6 is 23.4 Å². The van der Waals surface area contributed by atoms with Gasteiger partial charge in [-0.2, -0.15) is 11.8 Å². The van der Waals surface area contributed by atoms with Crippen LogP contribution < -0.4 is 5.73 Å². The molecule has 1 heterocycles. The summed E-state index contributed by atoms with van der Waals surface area (Å²) >= 11 is 7.92. The van der Waals surface area contributed by atoms with Gasteiger partial charge in [-0.15, -0.1) is 0 Å². The van der Waals surface area contributed by atoms with Gasteiger partial charge in [0.05, 0.1) is 10.6 Å². The molecular weight excluding hydrogens is 256 g/mol. The Bertz CT molecular complexity index is 439. The fourth-order valence-corrected chi connectivity index (χ4v) is 3.10. The minimum absolute atomic E-state index is 0.0184. The Balaban J connectivity index is 2.26. The highest BCUT2D eigenvalue weighted by atomic mass is 35.5. The number of benzene rings is 1.